The van der Waals surface area contributed by atoms with Crippen LogP contribution in [0.25, 0.3) is 0 Å². The van der Waals surface area contributed by atoms with Gasteiger partial charge in [-0.25, -0.2) is 4.79 Å². The summed E-state index contributed by atoms with van der Waals surface area (Å²) < 4.78 is 0. The zero-order valence-corrected chi connectivity index (χ0v) is 14.9. The fourth-order valence-corrected chi connectivity index (χ4v) is 4.10. The Bertz CT molecular complexity index is 883. The maximum absolute atomic E-state index is 13.2. The van der Waals surface area contributed by atoms with Gasteiger partial charge in [-0.1, -0.05) is 53.5 Å². The molecule has 1 spiro atoms. The molecule has 0 bridgehead atoms. The molecule has 2 aliphatic rings. The number of benzene rings is 2. The normalized spacial score (nSPS) is 22.2. The number of carbonyl (C=O) groups excluding carboxylic acids is 2. The number of urea groups is 1. The summed E-state index contributed by atoms with van der Waals surface area (Å²) in [5, 5.41) is 3.80. The van der Waals surface area contributed by atoms with Crippen LogP contribution in [0.15, 0.2) is 42.5 Å². The Labute approximate surface area is 155 Å². The molecule has 1 aliphatic carbocycles. The molecule has 3 amide bonds. The number of fused-ring (bicyclic) bond motifs is 2. The molecule has 2 aromatic carbocycles. The fraction of sp³-hybridized carbons (Fsp3) is 0.263. The largest absolute Gasteiger partial charge is 0.325 e. The van der Waals surface area contributed by atoms with Gasteiger partial charge in [0.1, 0.15) is 5.54 Å². The Morgan fingerprint density at radius 1 is 1.08 bits per heavy atom. The van der Waals surface area contributed by atoms with E-state index in [1.54, 1.807) is 18.2 Å². The van der Waals surface area contributed by atoms with Crippen molar-refractivity contribution in [3.8, 4) is 0 Å². The number of aryl methyl sites for hydroxylation is 1. The second-order valence-corrected chi connectivity index (χ2v) is 7.30. The maximum atomic E-state index is 13.2. The minimum absolute atomic E-state index is 0.172. The first-order valence-corrected chi connectivity index (χ1v) is 8.93. The molecule has 1 aliphatic heterocycles. The third-order valence-electron chi connectivity index (χ3n) is 4.98. The molecule has 0 aromatic heterocycles. The molecule has 25 heavy (non-hydrogen) atoms. The SMILES string of the molecule is O=C1N[C@@]2(CCCc3ccccc32)C(=O)N1Cc1ccc(Cl)c(Cl)c1. The van der Waals surface area contributed by atoms with E-state index in [1.807, 2.05) is 24.3 Å². The maximum Gasteiger partial charge on any atom is 0.325 e. The van der Waals surface area contributed by atoms with Crippen LogP contribution in [0.2, 0.25) is 10.0 Å². The predicted molar refractivity (Wildman–Crippen MR) is 96.6 cm³/mol. The lowest BCUT2D eigenvalue weighted by molar-refractivity contribution is -0.132. The van der Waals surface area contributed by atoms with Crippen LogP contribution in [0.3, 0.4) is 0 Å². The van der Waals surface area contributed by atoms with E-state index in [0.29, 0.717) is 16.5 Å². The molecule has 0 saturated carbocycles. The van der Waals surface area contributed by atoms with Crippen LogP contribution in [0.5, 0.6) is 0 Å². The van der Waals surface area contributed by atoms with Crippen LogP contribution in [-0.2, 0) is 23.3 Å². The van der Waals surface area contributed by atoms with E-state index in [1.165, 1.54) is 4.90 Å². The van der Waals surface area contributed by atoms with Crippen molar-refractivity contribution in [1.82, 2.24) is 10.2 Å². The fourth-order valence-electron chi connectivity index (χ4n) is 3.78. The summed E-state index contributed by atoms with van der Waals surface area (Å²) in [4.78, 5) is 27.0. The quantitative estimate of drug-likeness (QED) is 0.797. The van der Waals surface area contributed by atoms with Crippen molar-refractivity contribution in [2.75, 3.05) is 0 Å². The molecule has 4 rings (SSSR count). The molecule has 1 fully saturated rings. The third kappa shape index (κ3) is 2.60. The second kappa shape index (κ2) is 6.04. The van der Waals surface area contributed by atoms with E-state index in [-0.39, 0.29) is 18.5 Å². The first-order chi connectivity index (χ1) is 12.0. The molecule has 4 nitrogen and oxygen atoms in total. The van der Waals surface area contributed by atoms with Gasteiger partial charge in [0.15, 0.2) is 0 Å². The van der Waals surface area contributed by atoms with Crippen LogP contribution in [-0.4, -0.2) is 16.8 Å². The lowest BCUT2D eigenvalue weighted by atomic mass is 9.76. The van der Waals surface area contributed by atoms with Crippen molar-refractivity contribution >= 4 is 35.1 Å². The van der Waals surface area contributed by atoms with E-state index in [0.717, 1.165) is 29.5 Å². The number of rotatable bonds is 2. The lowest BCUT2D eigenvalue weighted by Gasteiger charge is -2.33. The van der Waals surface area contributed by atoms with Gasteiger partial charge in [0.2, 0.25) is 0 Å². The molecular weight excluding hydrogens is 359 g/mol. The smallest absolute Gasteiger partial charge is 0.319 e. The van der Waals surface area contributed by atoms with Crippen molar-refractivity contribution in [3.05, 3.63) is 69.2 Å². The molecular formula is C19H16Cl2N2O2. The Morgan fingerprint density at radius 2 is 1.88 bits per heavy atom. The number of carbonyl (C=O) groups is 2. The summed E-state index contributed by atoms with van der Waals surface area (Å²) in [5.74, 6) is -0.198. The zero-order chi connectivity index (χ0) is 17.6. The van der Waals surface area contributed by atoms with E-state index >= 15 is 0 Å². The summed E-state index contributed by atoms with van der Waals surface area (Å²) in [5.41, 5.74) is 1.86. The molecule has 1 heterocycles. The lowest BCUT2D eigenvalue weighted by Crippen LogP contribution is -2.46. The Morgan fingerprint density at radius 3 is 2.68 bits per heavy atom. The van der Waals surface area contributed by atoms with Gasteiger partial charge in [-0.3, -0.25) is 9.69 Å². The topological polar surface area (TPSA) is 49.4 Å². The van der Waals surface area contributed by atoms with Crippen LogP contribution in [0.4, 0.5) is 4.79 Å². The Kier molecular flexibility index (Phi) is 3.97. The summed E-state index contributed by atoms with van der Waals surface area (Å²) in [6.45, 7) is 0.172. The van der Waals surface area contributed by atoms with Crippen molar-refractivity contribution in [2.24, 2.45) is 0 Å². The molecule has 2 aromatic rings. The van der Waals surface area contributed by atoms with Gasteiger partial charge in [0.25, 0.3) is 5.91 Å². The predicted octanol–water partition coefficient (Wildman–Crippen LogP) is 4.28. The number of halogens is 2. The highest BCUT2D eigenvalue weighted by atomic mass is 35.5. The first kappa shape index (κ1) is 16.4. The minimum atomic E-state index is -0.942. The van der Waals surface area contributed by atoms with Crippen LogP contribution >= 0.6 is 23.2 Å². The van der Waals surface area contributed by atoms with Crippen molar-refractivity contribution < 1.29 is 9.59 Å². The highest BCUT2D eigenvalue weighted by Crippen LogP contribution is 2.40. The second-order valence-electron chi connectivity index (χ2n) is 6.49. The molecule has 1 N–H and O–H groups in total. The average Bonchev–Trinajstić information content (AvgIpc) is 2.83. The van der Waals surface area contributed by atoms with Crippen LogP contribution < -0.4 is 5.32 Å². The number of imide groups is 1. The standard InChI is InChI=1S/C19H16Cl2N2O2/c20-15-8-7-12(10-16(15)21)11-23-17(24)19(22-18(23)25)9-3-5-13-4-1-2-6-14(13)19/h1-2,4,6-8,10H,3,5,9,11H2,(H,22,25)/t19-/m1/s1. The zero-order valence-electron chi connectivity index (χ0n) is 13.4. The van der Waals surface area contributed by atoms with Gasteiger partial charge in [-0.15, -0.1) is 0 Å². The number of amides is 3. The summed E-state index contributed by atoms with van der Waals surface area (Å²) >= 11 is 12.0. The van der Waals surface area contributed by atoms with Gasteiger partial charge >= 0.3 is 6.03 Å². The molecule has 1 atom stereocenters. The van der Waals surface area contributed by atoms with Gasteiger partial charge in [-0.05, 0) is 48.1 Å². The summed E-state index contributed by atoms with van der Waals surface area (Å²) in [6.07, 6.45) is 2.41. The average molecular weight is 375 g/mol. The highest BCUT2D eigenvalue weighted by Gasteiger charge is 2.53. The molecule has 1 saturated heterocycles. The highest BCUT2D eigenvalue weighted by molar-refractivity contribution is 6.42. The van der Waals surface area contributed by atoms with Crippen LogP contribution in [0, 0.1) is 0 Å². The van der Waals surface area contributed by atoms with E-state index in [9.17, 15) is 9.59 Å². The third-order valence-corrected chi connectivity index (χ3v) is 5.71. The van der Waals surface area contributed by atoms with Crippen LogP contribution in [0.1, 0.15) is 29.5 Å². The first-order valence-electron chi connectivity index (χ1n) is 8.18. The molecule has 128 valence electrons. The van der Waals surface area contributed by atoms with Crippen molar-refractivity contribution in [1.29, 1.82) is 0 Å². The van der Waals surface area contributed by atoms with E-state index in [4.69, 9.17) is 23.2 Å². The Hall–Kier alpha value is -2.04. The van der Waals surface area contributed by atoms with Crippen molar-refractivity contribution in [2.45, 2.75) is 31.3 Å². The molecule has 0 unspecified atom stereocenters. The Balaban J connectivity index is 1.68. The number of nitrogens with one attached hydrogen (secondary N) is 1. The van der Waals surface area contributed by atoms with Gasteiger partial charge in [0, 0.05) is 0 Å². The summed E-state index contributed by atoms with van der Waals surface area (Å²) in [6, 6.07) is 12.6. The molecule has 6 heteroatoms. The van der Waals surface area contributed by atoms with E-state index in [2.05, 4.69) is 5.32 Å². The van der Waals surface area contributed by atoms with Gasteiger partial charge < -0.3 is 5.32 Å². The van der Waals surface area contributed by atoms with Gasteiger partial charge in [-0.2, -0.15) is 0 Å². The van der Waals surface area contributed by atoms with Crippen molar-refractivity contribution in [3.63, 3.8) is 0 Å². The van der Waals surface area contributed by atoms with Gasteiger partial charge in [0.05, 0.1) is 16.6 Å². The number of hydrogen-bond acceptors (Lipinski definition) is 2. The summed E-state index contributed by atoms with van der Waals surface area (Å²) in [7, 11) is 0. The monoisotopic (exact) mass is 374 g/mol. The number of nitrogens with zero attached hydrogens (tertiary/aromatic N) is 1. The molecule has 0 radical (unpaired) electrons. The number of hydrogen-bond donors (Lipinski definition) is 1. The minimum Gasteiger partial charge on any atom is -0.319 e. The van der Waals surface area contributed by atoms with E-state index < -0.39 is 5.54 Å².